The number of rotatable bonds is 5. The topological polar surface area (TPSA) is 40.5 Å². The van der Waals surface area contributed by atoms with E-state index in [4.69, 9.17) is 11.6 Å². The van der Waals surface area contributed by atoms with E-state index in [0.29, 0.717) is 0 Å². The Bertz CT molecular complexity index is 658. The van der Waals surface area contributed by atoms with Gasteiger partial charge in [-0.3, -0.25) is 9.98 Å². The average Bonchev–Trinajstić information content (AvgIpc) is 2.53. The zero-order valence-electron chi connectivity index (χ0n) is 14.3. The van der Waals surface area contributed by atoms with Crippen LogP contribution in [0.4, 0.5) is 0 Å². The molecule has 0 aliphatic rings. The lowest BCUT2D eigenvalue weighted by atomic mass is 10.2. The minimum absolute atomic E-state index is 0. The number of benzene rings is 1. The molecule has 2 aromatic rings. The largest absolute Gasteiger partial charge is 0.356 e. The second-order valence-corrected chi connectivity index (χ2v) is 5.95. The molecule has 4 nitrogen and oxygen atoms in total. The van der Waals surface area contributed by atoms with Gasteiger partial charge in [0, 0.05) is 44.1 Å². The van der Waals surface area contributed by atoms with Crippen LogP contribution in [0.1, 0.15) is 16.8 Å². The van der Waals surface area contributed by atoms with E-state index >= 15 is 0 Å². The minimum atomic E-state index is 0. The summed E-state index contributed by atoms with van der Waals surface area (Å²) in [7, 11) is 3.81. The molecule has 0 aliphatic carbocycles. The molecule has 2 rings (SSSR count). The molecule has 0 aliphatic heterocycles. The number of halogens is 2. The molecule has 0 atom stereocenters. The van der Waals surface area contributed by atoms with E-state index in [-0.39, 0.29) is 24.0 Å². The van der Waals surface area contributed by atoms with Crippen molar-refractivity contribution in [3.8, 4) is 0 Å². The first-order valence-electron chi connectivity index (χ1n) is 7.66. The number of hydrogen-bond acceptors (Lipinski definition) is 2. The maximum absolute atomic E-state index is 6.03. The fourth-order valence-electron chi connectivity index (χ4n) is 2.33. The highest BCUT2D eigenvalue weighted by Gasteiger charge is 2.06. The van der Waals surface area contributed by atoms with Crippen molar-refractivity contribution >= 4 is 41.5 Å². The van der Waals surface area contributed by atoms with Crippen molar-refractivity contribution in [2.75, 3.05) is 20.6 Å². The summed E-state index contributed by atoms with van der Waals surface area (Å²) in [5.74, 6) is 0.866. The molecule has 0 saturated heterocycles. The molecule has 24 heavy (non-hydrogen) atoms. The third kappa shape index (κ3) is 6.65. The number of nitrogens with zero attached hydrogens (tertiary/aromatic N) is 3. The monoisotopic (exact) mass is 458 g/mol. The third-order valence-corrected chi connectivity index (χ3v) is 3.79. The Hall–Kier alpha value is -1.34. The van der Waals surface area contributed by atoms with Gasteiger partial charge in [-0.05, 0) is 42.7 Å². The van der Waals surface area contributed by atoms with E-state index in [1.807, 2.05) is 44.4 Å². The molecular formula is C18H24ClIN4. The van der Waals surface area contributed by atoms with Crippen LogP contribution in [-0.2, 0) is 13.0 Å². The number of hydrogen-bond donors (Lipinski definition) is 1. The first-order valence-corrected chi connectivity index (χ1v) is 8.04. The molecule has 0 unspecified atom stereocenters. The molecule has 0 fully saturated rings. The Morgan fingerprint density at radius 3 is 2.67 bits per heavy atom. The normalized spacial score (nSPS) is 10.9. The molecule has 0 radical (unpaired) electrons. The summed E-state index contributed by atoms with van der Waals surface area (Å²) >= 11 is 6.03. The lowest BCUT2D eigenvalue weighted by molar-refractivity contribution is 0.477. The van der Waals surface area contributed by atoms with Crippen LogP contribution in [0.3, 0.4) is 0 Å². The highest BCUT2D eigenvalue weighted by molar-refractivity contribution is 14.0. The standard InChI is InChI=1S/C18H23ClN4.HI/c1-14-7-8-15(12-22-14)9-10-21-18(20-2)23(3)13-16-5-4-6-17(19)11-16;/h4-8,11-12H,9-10,13H2,1-3H3,(H,20,21);1H. The zero-order valence-corrected chi connectivity index (χ0v) is 17.4. The van der Waals surface area contributed by atoms with Gasteiger partial charge in [0.15, 0.2) is 5.96 Å². The van der Waals surface area contributed by atoms with Gasteiger partial charge in [-0.15, -0.1) is 24.0 Å². The van der Waals surface area contributed by atoms with Gasteiger partial charge in [-0.2, -0.15) is 0 Å². The van der Waals surface area contributed by atoms with Gasteiger partial charge >= 0.3 is 0 Å². The molecule has 1 aromatic heterocycles. The second-order valence-electron chi connectivity index (χ2n) is 5.52. The highest BCUT2D eigenvalue weighted by atomic mass is 127. The summed E-state index contributed by atoms with van der Waals surface area (Å²) in [6, 6.07) is 12.0. The van der Waals surface area contributed by atoms with Crippen molar-refractivity contribution in [1.82, 2.24) is 15.2 Å². The first kappa shape index (κ1) is 20.7. The average molecular weight is 459 g/mol. The predicted octanol–water partition coefficient (Wildman–Crippen LogP) is 3.91. The molecule has 0 amide bonds. The van der Waals surface area contributed by atoms with E-state index in [1.54, 1.807) is 7.05 Å². The van der Waals surface area contributed by atoms with Crippen molar-refractivity contribution in [3.05, 3.63) is 64.4 Å². The van der Waals surface area contributed by atoms with Gasteiger partial charge in [0.25, 0.3) is 0 Å². The number of aryl methyl sites for hydroxylation is 1. The number of aromatic nitrogens is 1. The summed E-state index contributed by atoms with van der Waals surface area (Å²) in [5, 5.41) is 4.14. The molecule has 1 heterocycles. The van der Waals surface area contributed by atoms with Gasteiger partial charge in [-0.1, -0.05) is 29.8 Å². The lowest BCUT2D eigenvalue weighted by Gasteiger charge is -2.22. The van der Waals surface area contributed by atoms with Crippen molar-refractivity contribution in [3.63, 3.8) is 0 Å². The van der Waals surface area contributed by atoms with Gasteiger partial charge in [0.05, 0.1) is 0 Å². The van der Waals surface area contributed by atoms with E-state index in [1.165, 1.54) is 5.56 Å². The fourth-order valence-corrected chi connectivity index (χ4v) is 2.55. The number of aliphatic imine (C=N–C) groups is 1. The Balaban J connectivity index is 0.00000288. The molecule has 1 N–H and O–H groups in total. The van der Waals surface area contributed by atoms with Crippen LogP contribution in [0, 0.1) is 6.92 Å². The second kappa shape index (κ2) is 10.5. The van der Waals surface area contributed by atoms with Crippen LogP contribution in [-0.4, -0.2) is 36.5 Å². The molecule has 6 heteroatoms. The Morgan fingerprint density at radius 1 is 1.25 bits per heavy atom. The van der Waals surface area contributed by atoms with Crippen LogP contribution >= 0.6 is 35.6 Å². The van der Waals surface area contributed by atoms with Crippen LogP contribution in [0.2, 0.25) is 5.02 Å². The maximum atomic E-state index is 6.03. The molecular weight excluding hydrogens is 435 g/mol. The van der Waals surface area contributed by atoms with E-state index in [0.717, 1.165) is 41.7 Å². The summed E-state index contributed by atoms with van der Waals surface area (Å²) in [5.41, 5.74) is 3.42. The Labute approximate surface area is 166 Å². The molecule has 1 aromatic carbocycles. The van der Waals surface area contributed by atoms with E-state index in [2.05, 4.69) is 32.3 Å². The summed E-state index contributed by atoms with van der Waals surface area (Å²) < 4.78 is 0. The Kier molecular flexibility index (Phi) is 9.07. The van der Waals surface area contributed by atoms with Gasteiger partial charge < -0.3 is 10.2 Å². The molecule has 0 bridgehead atoms. The van der Waals surface area contributed by atoms with Crippen molar-refractivity contribution < 1.29 is 0 Å². The zero-order chi connectivity index (χ0) is 16.7. The van der Waals surface area contributed by atoms with Crippen molar-refractivity contribution in [1.29, 1.82) is 0 Å². The van der Waals surface area contributed by atoms with Gasteiger partial charge in [-0.25, -0.2) is 0 Å². The lowest BCUT2D eigenvalue weighted by Crippen LogP contribution is -2.39. The number of pyridine rings is 1. The van der Waals surface area contributed by atoms with Gasteiger partial charge in [0.1, 0.15) is 0 Å². The van der Waals surface area contributed by atoms with E-state index < -0.39 is 0 Å². The quantitative estimate of drug-likeness (QED) is 0.419. The number of nitrogens with one attached hydrogen (secondary N) is 1. The fraction of sp³-hybridized carbons (Fsp3) is 0.333. The van der Waals surface area contributed by atoms with Gasteiger partial charge in [0.2, 0.25) is 0 Å². The van der Waals surface area contributed by atoms with Crippen LogP contribution < -0.4 is 5.32 Å². The SMILES string of the molecule is CN=C(NCCc1ccc(C)nc1)N(C)Cc1cccc(Cl)c1.I. The van der Waals surface area contributed by atoms with Crippen LogP contribution in [0.5, 0.6) is 0 Å². The highest BCUT2D eigenvalue weighted by Crippen LogP contribution is 2.12. The Morgan fingerprint density at radius 2 is 2.04 bits per heavy atom. The van der Waals surface area contributed by atoms with Crippen molar-refractivity contribution in [2.24, 2.45) is 4.99 Å². The van der Waals surface area contributed by atoms with Crippen LogP contribution in [0.15, 0.2) is 47.6 Å². The minimum Gasteiger partial charge on any atom is -0.356 e. The van der Waals surface area contributed by atoms with E-state index in [9.17, 15) is 0 Å². The third-order valence-electron chi connectivity index (χ3n) is 3.55. The molecule has 0 spiro atoms. The molecule has 130 valence electrons. The number of guanidine groups is 1. The summed E-state index contributed by atoms with van der Waals surface area (Å²) in [4.78, 5) is 10.7. The predicted molar refractivity (Wildman–Crippen MR) is 112 cm³/mol. The summed E-state index contributed by atoms with van der Waals surface area (Å²) in [6.45, 7) is 3.57. The smallest absolute Gasteiger partial charge is 0.193 e. The summed E-state index contributed by atoms with van der Waals surface area (Å²) in [6.07, 6.45) is 2.84. The molecule has 0 saturated carbocycles. The van der Waals surface area contributed by atoms with Crippen LogP contribution in [0.25, 0.3) is 0 Å². The van der Waals surface area contributed by atoms with Crippen molar-refractivity contribution in [2.45, 2.75) is 19.9 Å². The first-order chi connectivity index (χ1) is 11.1. The maximum Gasteiger partial charge on any atom is 0.193 e.